The number of sulfonamides is 1. The second kappa shape index (κ2) is 10.9. The number of amides is 1. The molecule has 1 aliphatic rings. The van der Waals surface area contributed by atoms with Crippen molar-refractivity contribution in [1.82, 2.24) is 9.62 Å². The van der Waals surface area contributed by atoms with E-state index in [2.05, 4.69) is 5.32 Å². The molecule has 1 N–H and O–H groups in total. The molecule has 7 nitrogen and oxygen atoms in total. The van der Waals surface area contributed by atoms with Crippen LogP contribution >= 0.6 is 11.6 Å². The summed E-state index contributed by atoms with van der Waals surface area (Å²) < 4.78 is 32.2. The third kappa shape index (κ3) is 5.88. The molecule has 0 saturated carbocycles. The highest BCUT2D eigenvalue weighted by Gasteiger charge is 2.30. The molecule has 2 aromatic carbocycles. The number of carbonyl (C=O) groups is 2. The summed E-state index contributed by atoms with van der Waals surface area (Å²) in [7, 11) is -3.80. The van der Waals surface area contributed by atoms with Crippen molar-refractivity contribution in [2.24, 2.45) is 0 Å². The van der Waals surface area contributed by atoms with E-state index in [0.717, 1.165) is 31.2 Å². The Hall–Kier alpha value is -2.42. The van der Waals surface area contributed by atoms with Gasteiger partial charge in [-0.1, -0.05) is 55.3 Å². The number of halogens is 1. The summed E-state index contributed by atoms with van der Waals surface area (Å²) >= 11 is 6.11. The molecule has 32 heavy (non-hydrogen) atoms. The molecule has 1 saturated heterocycles. The van der Waals surface area contributed by atoms with Gasteiger partial charge in [0.25, 0.3) is 5.91 Å². The van der Waals surface area contributed by atoms with Gasteiger partial charge in [-0.25, -0.2) is 13.2 Å². The predicted octanol–water partition coefficient (Wildman–Crippen LogP) is 3.94. The number of esters is 1. The Balaban J connectivity index is 1.65. The highest BCUT2D eigenvalue weighted by atomic mass is 35.5. The standard InChI is InChI=1S/C23H27ClN2O5S/c1-2-8-20(17-9-4-3-5-10-17)25-22(27)16-31-23(28)18-11-12-19(24)21(15-18)32(29,30)26-13-6-7-14-26/h3-5,9-12,15,20H,2,6-8,13-14,16H2,1H3,(H,25,27). The largest absolute Gasteiger partial charge is 0.452 e. The van der Waals surface area contributed by atoms with Crippen molar-refractivity contribution in [3.8, 4) is 0 Å². The number of hydrogen-bond acceptors (Lipinski definition) is 5. The molecule has 2 aromatic rings. The summed E-state index contributed by atoms with van der Waals surface area (Å²) in [6, 6.07) is 13.3. The van der Waals surface area contributed by atoms with Gasteiger partial charge in [-0.2, -0.15) is 4.31 Å². The van der Waals surface area contributed by atoms with E-state index in [0.29, 0.717) is 13.1 Å². The molecule has 9 heteroatoms. The van der Waals surface area contributed by atoms with Gasteiger partial charge in [-0.05, 0) is 43.0 Å². The van der Waals surface area contributed by atoms with Crippen LogP contribution in [0.5, 0.6) is 0 Å². The summed E-state index contributed by atoms with van der Waals surface area (Å²) in [5.74, 6) is -1.22. The minimum atomic E-state index is -3.80. The molecule has 0 bridgehead atoms. The van der Waals surface area contributed by atoms with Crippen LogP contribution in [0, 0.1) is 0 Å². The number of rotatable bonds is 9. The normalized spacial score (nSPS) is 15.3. The molecular weight excluding hydrogens is 452 g/mol. The molecule has 0 aromatic heterocycles. The molecular formula is C23H27ClN2O5S. The van der Waals surface area contributed by atoms with Gasteiger partial charge in [-0.15, -0.1) is 0 Å². The molecule has 1 aliphatic heterocycles. The highest BCUT2D eigenvalue weighted by Crippen LogP contribution is 2.28. The Morgan fingerprint density at radius 2 is 1.81 bits per heavy atom. The van der Waals surface area contributed by atoms with Gasteiger partial charge in [0.1, 0.15) is 4.90 Å². The summed E-state index contributed by atoms with van der Waals surface area (Å²) in [6.07, 6.45) is 3.20. The summed E-state index contributed by atoms with van der Waals surface area (Å²) in [4.78, 5) is 24.7. The van der Waals surface area contributed by atoms with Crippen molar-refractivity contribution >= 4 is 33.5 Å². The Bertz CT molecular complexity index is 1050. The zero-order valence-corrected chi connectivity index (χ0v) is 19.5. The molecule has 1 unspecified atom stereocenters. The van der Waals surface area contributed by atoms with Crippen LogP contribution in [0.25, 0.3) is 0 Å². The first-order valence-corrected chi connectivity index (χ1v) is 12.5. The van der Waals surface area contributed by atoms with Crippen molar-refractivity contribution < 1.29 is 22.7 Å². The van der Waals surface area contributed by atoms with Crippen LogP contribution in [0.15, 0.2) is 53.4 Å². The lowest BCUT2D eigenvalue weighted by Crippen LogP contribution is -2.32. The molecule has 0 radical (unpaired) electrons. The van der Waals surface area contributed by atoms with E-state index in [1.54, 1.807) is 0 Å². The summed E-state index contributed by atoms with van der Waals surface area (Å²) in [5.41, 5.74) is 0.997. The van der Waals surface area contributed by atoms with Crippen molar-refractivity contribution in [2.75, 3.05) is 19.7 Å². The Morgan fingerprint density at radius 1 is 1.12 bits per heavy atom. The third-order valence-electron chi connectivity index (χ3n) is 5.30. The number of ether oxygens (including phenoxy) is 1. The first-order chi connectivity index (χ1) is 15.3. The molecule has 0 aliphatic carbocycles. The van der Waals surface area contributed by atoms with Gasteiger partial charge >= 0.3 is 5.97 Å². The number of nitrogens with one attached hydrogen (secondary N) is 1. The van der Waals surface area contributed by atoms with E-state index >= 15 is 0 Å². The minimum Gasteiger partial charge on any atom is -0.452 e. The van der Waals surface area contributed by atoms with E-state index in [-0.39, 0.29) is 21.5 Å². The van der Waals surface area contributed by atoms with Gasteiger partial charge in [0.05, 0.1) is 16.6 Å². The Kier molecular flexibility index (Phi) is 8.28. The first-order valence-electron chi connectivity index (χ1n) is 10.6. The monoisotopic (exact) mass is 478 g/mol. The molecule has 3 rings (SSSR count). The first kappa shape index (κ1) is 24.2. The number of hydrogen-bond donors (Lipinski definition) is 1. The number of benzene rings is 2. The lowest BCUT2D eigenvalue weighted by Gasteiger charge is -2.19. The summed E-state index contributed by atoms with van der Waals surface area (Å²) in [5, 5.41) is 2.92. The van der Waals surface area contributed by atoms with E-state index in [4.69, 9.17) is 16.3 Å². The maximum absolute atomic E-state index is 12.8. The zero-order chi connectivity index (χ0) is 23.1. The smallest absolute Gasteiger partial charge is 0.338 e. The molecule has 0 spiro atoms. The number of nitrogens with zero attached hydrogens (tertiary/aromatic N) is 1. The lowest BCUT2D eigenvalue weighted by atomic mass is 10.0. The van der Waals surface area contributed by atoms with Gasteiger partial charge in [-0.3, -0.25) is 4.79 Å². The topological polar surface area (TPSA) is 92.8 Å². The molecule has 172 valence electrons. The van der Waals surface area contributed by atoms with Crippen LogP contribution in [0.2, 0.25) is 5.02 Å². The quantitative estimate of drug-likeness (QED) is 0.551. The van der Waals surface area contributed by atoms with Gasteiger partial charge in [0.2, 0.25) is 10.0 Å². The predicted molar refractivity (Wildman–Crippen MR) is 122 cm³/mol. The van der Waals surface area contributed by atoms with Gasteiger partial charge in [0.15, 0.2) is 6.61 Å². The third-order valence-corrected chi connectivity index (χ3v) is 7.68. The maximum Gasteiger partial charge on any atom is 0.338 e. The fraction of sp³-hybridized carbons (Fsp3) is 0.391. The van der Waals surface area contributed by atoms with Crippen molar-refractivity contribution in [1.29, 1.82) is 0 Å². The van der Waals surface area contributed by atoms with Crippen LogP contribution in [-0.4, -0.2) is 44.3 Å². The second-order valence-corrected chi connectivity index (χ2v) is 9.97. The van der Waals surface area contributed by atoms with Crippen LogP contribution in [0.1, 0.15) is 54.6 Å². The highest BCUT2D eigenvalue weighted by molar-refractivity contribution is 7.89. The minimum absolute atomic E-state index is 0.0214. The molecule has 1 amide bonds. The maximum atomic E-state index is 12.8. The number of carbonyl (C=O) groups excluding carboxylic acids is 2. The SMILES string of the molecule is CCCC(NC(=O)COC(=O)c1ccc(Cl)c(S(=O)(=O)N2CCCC2)c1)c1ccccc1. The zero-order valence-electron chi connectivity index (χ0n) is 17.9. The fourth-order valence-electron chi connectivity index (χ4n) is 3.64. The van der Waals surface area contributed by atoms with E-state index < -0.39 is 28.5 Å². The van der Waals surface area contributed by atoms with Gasteiger partial charge in [0, 0.05) is 13.1 Å². The van der Waals surface area contributed by atoms with Crippen LogP contribution in [-0.2, 0) is 19.6 Å². The van der Waals surface area contributed by atoms with Crippen LogP contribution in [0.4, 0.5) is 0 Å². The van der Waals surface area contributed by atoms with Crippen molar-refractivity contribution in [3.63, 3.8) is 0 Å². The Morgan fingerprint density at radius 3 is 2.47 bits per heavy atom. The van der Waals surface area contributed by atoms with Crippen LogP contribution < -0.4 is 5.32 Å². The average molecular weight is 479 g/mol. The molecule has 1 fully saturated rings. The van der Waals surface area contributed by atoms with Gasteiger partial charge < -0.3 is 10.1 Å². The molecule has 1 atom stereocenters. The summed E-state index contributed by atoms with van der Waals surface area (Å²) in [6.45, 7) is 2.40. The van der Waals surface area contributed by atoms with E-state index in [9.17, 15) is 18.0 Å². The Labute approximate surface area is 193 Å². The molecule has 1 heterocycles. The lowest BCUT2D eigenvalue weighted by molar-refractivity contribution is -0.125. The fourth-order valence-corrected chi connectivity index (χ4v) is 5.66. The van der Waals surface area contributed by atoms with E-state index in [1.165, 1.54) is 22.5 Å². The van der Waals surface area contributed by atoms with E-state index in [1.807, 2.05) is 37.3 Å². The average Bonchev–Trinajstić information content (AvgIpc) is 3.34. The van der Waals surface area contributed by atoms with Crippen LogP contribution in [0.3, 0.4) is 0 Å². The second-order valence-electron chi connectivity index (χ2n) is 7.65. The van der Waals surface area contributed by atoms with Crippen molar-refractivity contribution in [2.45, 2.75) is 43.5 Å². The van der Waals surface area contributed by atoms with Crippen molar-refractivity contribution in [3.05, 3.63) is 64.7 Å².